The summed E-state index contributed by atoms with van der Waals surface area (Å²) in [5, 5.41) is 0. The maximum absolute atomic E-state index is 11.4. The van der Waals surface area contributed by atoms with Gasteiger partial charge in [0.1, 0.15) is 0 Å². The lowest BCUT2D eigenvalue weighted by Crippen LogP contribution is -2.20. The zero-order chi connectivity index (χ0) is 9.23. The molecule has 0 fully saturated rings. The minimum absolute atomic E-state index is 0.0710. The molecule has 1 nitrogen and oxygen atoms in total. The van der Waals surface area contributed by atoms with E-state index < -0.39 is 0 Å². The Morgan fingerprint density at radius 2 is 1.64 bits per heavy atom. The predicted molar refractivity (Wildman–Crippen MR) is 48.4 cm³/mol. The summed E-state index contributed by atoms with van der Waals surface area (Å²) in [5.74, 6) is 0.249. The molecular formula is C10H18O. The molecule has 0 aromatic heterocycles. The van der Waals surface area contributed by atoms with Crippen LogP contribution in [0.15, 0.2) is 12.2 Å². The van der Waals surface area contributed by atoms with E-state index in [4.69, 9.17) is 0 Å². The van der Waals surface area contributed by atoms with Gasteiger partial charge in [0.15, 0.2) is 5.78 Å². The summed E-state index contributed by atoms with van der Waals surface area (Å²) < 4.78 is 0. The zero-order valence-electron chi connectivity index (χ0n) is 8.19. The standard InChI is InChI=1S/C10H18O/c1-7(2)9(11)8(3)10(4,5)6/h7H,3H2,1-2,4-6H3. The number of hydrogen-bond acceptors (Lipinski definition) is 1. The van der Waals surface area contributed by atoms with Crippen LogP contribution in [0.5, 0.6) is 0 Å². The van der Waals surface area contributed by atoms with Crippen LogP contribution < -0.4 is 0 Å². The van der Waals surface area contributed by atoms with Gasteiger partial charge < -0.3 is 0 Å². The van der Waals surface area contributed by atoms with Crippen molar-refractivity contribution < 1.29 is 4.79 Å². The van der Waals surface area contributed by atoms with Gasteiger partial charge in [-0.3, -0.25) is 4.79 Å². The largest absolute Gasteiger partial charge is 0.294 e. The maximum atomic E-state index is 11.4. The van der Waals surface area contributed by atoms with Crippen molar-refractivity contribution in [2.24, 2.45) is 11.3 Å². The average Bonchev–Trinajstić information content (AvgIpc) is 1.82. The van der Waals surface area contributed by atoms with Gasteiger partial charge in [0.05, 0.1) is 0 Å². The summed E-state index contributed by atoms with van der Waals surface area (Å²) in [6.07, 6.45) is 0. The van der Waals surface area contributed by atoms with Crippen molar-refractivity contribution in [2.45, 2.75) is 34.6 Å². The molecule has 0 bridgehead atoms. The van der Waals surface area contributed by atoms with Crippen molar-refractivity contribution in [3.63, 3.8) is 0 Å². The Morgan fingerprint density at radius 1 is 1.27 bits per heavy atom. The quantitative estimate of drug-likeness (QED) is 0.559. The van der Waals surface area contributed by atoms with Gasteiger partial charge in [-0.2, -0.15) is 0 Å². The van der Waals surface area contributed by atoms with Crippen molar-refractivity contribution in [3.05, 3.63) is 12.2 Å². The monoisotopic (exact) mass is 154 g/mol. The highest BCUT2D eigenvalue weighted by Crippen LogP contribution is 2.26. The highest BCUT2D eigenvalue weighted by Gasteiger charge is 2.22. The Morgan fingerprint density at radius 3 is 1.73 bits per heavy atom. The number of hydrogen-bond donors (Lipinski definition) is 0. The first kappa shape index (κ1) is 10.4. The number of ketones is 1. The van der Waals surface area contributed by atoms with Crippen LogP contribution in [0, 0.1) is 11.3 Å². The van der Waals surface area contributed by atoms with Crippen LogP contribution in [0.1, 0.15) is 34.6 Å². The maximum Gasteiger partial charge on any atom is 0.161 e. The SMILES string of the molecule is C=C(C(=O)C(C)C)C(C)(C)C. The van der Waals surface area contributed by atoms with Gasteiger partial charge in [0.25, 0.3) is 0 Å². The van der Waals surface area contributed by atoms with E-state index in [0.717, 1.165) is 5.57 Å². The molecule has 0 radical (unpaired) electrons. The number of rotatable bonds is 2. The van der Waals surface area contributed by atoms with Gasteiger partial charge in [0.2, 0.25) is 0 Å². The highest BCUT2D eigenvalue weighted by molar-refractivity contribution is 5.97. The first-order chi connectivity index (χ1) is 4.76. The molecule has 0 aromatic rings. The number of carbonyl (C=O) groups excluding carboxylic acids is 1. The fraction of sp³-hybridized carbons (Fsp3) is 0.700. The summed E-state index contributed by atoms with van der Waals surface area (Å²) in [4.78, 5) is 11.4. The van der Waals surface area contributed by atoms with Crippen molar-refractivity contribution >= 4 is 5.78 Å². The van der Waals surface area contributed by atoms with E-state index in [1.54, 1.807) is 0 Å². The third-order valence-electron chi connectivity index (χ3n) is 1.73. The second kappa shape index (κ2) is 3.21. The normalized spacial score (nSPS) is 11.8. The Labute approximate surface area is 69.5 Å². The summed E-state index contributed by atoms with van der Waals surface area (Å²) in [6.45, 7) is 13.6. The Kier molecular flexibility index (Phi) is 3.03. The second-order valence-corrected chi connectivity index (χ2v) is 4.25. The van der Waals surface area contributed by atoms with E-state index in [-0.39, 0.29) is 17.1 Å². The number of Topliss-reactive ketones (excluding diaryl/α,β-unsaturated/α-hetero) is 1. The lowest BCUT2D eigenvalue weighted by Gasteiger charge is -2.21. The van der Waals surface area contributed by atoms with Crippen molar-refractivity contribution in [1.29, 1.82) is 0 Å². The van der Waals surface area contributed by atoms with E-state index >= 15 is 0 Å². The smallest absolute Gasteiger partial charge is 0.161 e. The summed E-state index contributed by atoms with van der Waals surface area (Å²) in [6, 6.07) is 0. The molecule has 0 saturated carbocycles. The van der Waals surface area contributed by atoms with Gasteiger partial charge in [-0.15, -0.1) is 0 Å². The fourth-order valence-corrected chi connectivity index (χ4v) is 0.718. The molecule has 0 spiro atoms. The molecule has 0 aliphatic rings. The van der Waals surface area contributed by atoms with Gasteiger partial charge in [-0.05, 0) is 11.0 Å². The van der Waals surface area contributed by atoms with E-state index in [9.17, 15) is 4.79 Å². The molecule has 0 rings (SSSR count). The van der Waals surface area contributed by atoms with Crippen LogP contribution in [0.2, 0.25) is 0 Å². The van der Waals surface area contributed by atoms with Crippen LogP contribution in [0.25, 0.3) is 0 Å². The summed E-state index contributed by atoms with van der Waals surface area (Å²) >= 11 is 0. The van der Waals surface area contributed by atoms with Crippen LogP contribution in [-0.4, -0.2) is 5.78 Å². The molecule has 0 saturated heterocycles. The average molecular weight is 154 g/mol. The van der Waals surface area contributed by atoms with E-state index in [1.165, 1.54) is 0 Å². The van der Waals surface area contributed by atoms with Crippen LogP contribution >= 0.6 is 0 Å². The minimum atomic E-state index is -0.0820. The Hall–Kier alpha value is -0.590. The highest BCUT2D eigenvalue weighted by atomic mass is 16.1. The molecule has 1 heteroatoms. The molecule has 0 atom stereocenters. The molecule has 64 valence electrons. The molecule has 0 N–H and O–H groups in total. The summed E-state index contributed by atoms with van der Waals surface area (Å²) in [5.41, 5.74) is 0.647. The van der Waals surface area contributed by atoms with Crippen LogP contribution in [-0.2, 0) is 4.79 Å². The fourth-order valence-electron chi connectivity index (χ4n) is 0.718. The van der Waals surface area contributed by atoms with E-state index in [0.29, 0.717) is 0 Å². The molecule has 11 heavy (non-hydrogen) atoms. The van der Waals surface area contributed by atoms with Gasteiger partial charge in [-0.1, -0.05) is 41.2 Å². The molecule has 0 unspecified atom stereocenters. The molecule has 0 aliphatic carbocycles. The van der Waals surface area contributed by atoms with Gasteiger partial charge >= 0.3 is 0 Å². The van der Waals surface area contributed by atoms with Crippen molar-refractivity contribution in [1.82, 2.24) is 0 Å². The van der Waals surface area contributed by atoms with Crippen LogP contribution in [0.3, 0.4) is 0 Å². The molecular weight excluding hydrogens is 136 g/mol. The predicted octanol–water partition coefficient (Wildman–Crippen LogP) is 2.81. The first-order valence-electron chi connectivity index (χ1n) is 4.00. The third-order valence-corrected chi connectivity index (χ3v) is 1.73. The lowest BCUT2D eigenvalue weighted by atomic mass is 9.82. The Balaban J connectivity index is 4.40. The molecule has 0 aromatic carbocycles. The summed E-state index contributed by atoms with van der Waals surface area (Å²) in [7, 11) is 0. The van der Waals surface area contributed by atoms with Crippen LogP contribution in [0.4, 0.5) is 0 Å². The lowest BCUT2D eigenvalue weighted by molar-refractivity contribution is -0.119. The molecule has 0 amide bonds. The third kappa shape index (κ3) is 2.87. The van der Waals surface area contributed by atoms with Gasteiger partial charge in [0, 0.05) is 5.92 Å². The van der Waals surface area contributed by atoms with Gasteiger partial charge in [-0.25, -0.2) is 0 Å². The van der Waals surface area contributed by atoms with Crippen molar-refractivity contribution in [2.75, 3.05) is 0 Å². The first-order valence-corrected chi connectivity index (χ1v) is 4.00. The molecule has 0 aliphatic heterocycles. The number of allylic oxidation sites excluding steroid dienone is 1. The zero-order valence-corrected chi connectivity index (χ0v) is 8.19. The topological polar surface area (TPSA) is 17.1 Å². The van der Waals surface area contributed by atoms with Crippen molar-refractivity contribution in [3.8, 4) is 0 Å². The molecule has 0 heterocycles. The van der Waals surface area contributed by atoms with E-state index in [1.807, 2.05) is 34.6 Å². The van der Waals surface area contributed by atoms with E-state index in [2.05, 4.69) is 6.58 Å². The second-order valence-electron chi connectivity index (χ2n) is 4.25. The number of carbonyl (C=O) groups is 1. The Bertz CT molecular complexity index is 170. The minimum Gasteiger partial charge on any atom is -0.294 e.